The average molecular weight is 166 g/mol. The van der Waals surface area contributed by atoms with Crippen LogP contribution in [-0.4, -0.2) is 5.78 Å². The van der Waals surface area contributed by atoms with E-state index in [0.29, 0.717) is 18.1 Å². The molecule has 68 valence electrons. The molecule has 1 rings (SSSR count). The van der Waals surface area contributed by atoms with Gasteiger partial charge in [-0.15, -0.1) is 0 Å². The fraction of sp³-hybridized carbons (Fsp3) is 0.727. The molecule has 0 saturated carbocycles. The Bertz CT molecular complexity index is 244. The molecule has 0 fully saturated rings. The highest BCUT2D eigenvalue weighted by atomic mass is 16.1. The summed E-state index contributed by atoms with van der Waals surface area (Å²) in [5.74, 6) is 0.742. The molecule has 1 heteroatoms. The number of hydrogen-bond acceptors (Lipinski definition) is 1. The van der Waals surface area contributed by atoms with E-state index in [1.54, 1.807) is 0 Å². The maximum absolute atomic E-state index is 11.6. The summed E-state index contributed by atoms with van der Waals surface area (Å²) in [5.41, 5.74) is 2.47. The van der Waals surface area contributed by atoms with Crippen LogP contribution in [0.2, 0.25) is 0 Å². The Kier molecular flexibility index (Phi) is 2.15. The van der Waals surface area contributed by atoms with Crippen LogP contribution in [0.4, 0.5) is 0 Å². The molecule has 0 unspecified atom stereocenters. The van der Waals surface area contributed by atoms with Gasteiger partial charge in [0.2, 0.25) is 0 Å². The first kappa shape index (κ1) is 9.50. The van der Waals surface area contributed by atoms with Gasteiger partial charge in [0.05, 0.1) is 0 Å². The van der Waals surface area contributed by atoms with Crippen LogP contribution in [0.1, 0.15) is 41.0 Å². The van der Waals surface area contributed by atoms with Crippen LogP contribution in [0.15, 0.2) is 11.1 Å². The molecule has 12 heavy (non-hydrogen) atoms. The van der Waals surface area contributed by atoms with Crippen LogP contribution in [0.3, 0.4) is 0 Å². The van der Waals surface area contributed by atoms with Gasteiger partial charge in [0.25, 0.3) is 0 Å². The predicted octanol–water partition coefficient (Wildman–Crippen LogP) is 2.96. The lowest BCUT2D eigenvalue weighted by atomic mass is 9.86. The van der Waals surface area contributed by atoms with E-state index < -0.39 is 0 Å². The van der Waals surface area contributed by atoms with Crippen molar-refractivity contribution in [3.8, 4) is 0 Å². The smallest absolute Gasteiger partial charge is 0.159 e. The van der Waals surface area contributed by atoms with Crippen LogP contribution in [0.25, 0.3) is 0 Å². The van der Waals surface area contributed by atoms with E-state index in [1.165, 1.54) is 5.57 Å². The molecule has 0 atom stereocenters. The molecule has 0 aromatic rings. The number of carbonyl (C=O) groups is 1. The second kappa shape index (κ2) is 2.72. The predicted molar refractivity (Wildman–Crippen MR) is 50.9 cm³/mol. The molecule has 0 saturated heterocycles. The molecule has 0 heterocycles. The van der Waals surface area contributed by atoms with Gasteiger partial charge in [-0.05, 0) is 23.8 Å². The van der Waals surface area contributed by atoms with E-state index in [4.69, 9.17) is 0 Å². The van der Waals surface area contributed by atoms with Gasteiger partial charge in [-0.3, -0.25) is 4.79 Å². The van der Waals surface area contributed by atoms with Crippen molar-refractivity contribution in [1.82, 2.24) is 0 Å². The molecule has 0 radical (unpaired) electrons. The van der Waals surface area contributed by atoms with E-state index in [0.717, 1.165) is 5.57 Å². The molecule has 1 nitrogen and oxygen atoms in total. The topological polar surface area (TPSA) is 17.1 Å². The fourth-order valence-electron chi connectivity index (χ4n) is 1.96. The zero-order valence-corrected chi connectivity index (χ0v) is 8.69. The summed E-state index contributed by atoms with van der Waals surface area (Å²) < 4.78 is 0. The molecule has 0 aliphatic heterocycles. The molecule has 1 aliphatic carbocycles. The van der Waals surface area contributed by atoms with E-state index in [-0.39, 0.29) is 5.41 Å². The van der Waals surface area contributed by atoms with Gasteiger partial charge in [0, 0.05) is 6.42 Å². The van der Waals surface area contributed by atoms with Crippen LogP contribution in [0.5, 0.6) is 0 Å². The molecule has 0 N–H and O–H groups in total. The van der Waals surface area contributed by atoms with Gasteiger partial charge < -0.3 is 0 Å². The maximum atomic E-state index is 11.6. The highest BCUT2D eigenvalue weighted by Crippen LogP contribution is 2.42. The van der Waals surface area contributed by atoms with Crippen LogP contribution >= 0.6 is 0 Å². The first-order valence-corrected chi connectivity index (χ1v) is 4.60. The average Bonchev–Trinajstić information content (AvgIpc) is 2.02. The SMILES string of the molecule is CC1=C(C(C)C)C(=O)CC1(C)C. The quantitative estimate of drug-likeness (QED) is 0.585. The lowest BCUT2D eigenvalue weighted by molar-refractivity contribution is -0.116. The number of allylic oxidation sites excluding steroid dienone is 2. The van der Waals surface area contributed by atoms with Crippen molar-refractivity contribution in [3.05, 3.63) is 11.1 Å². The Morgan fingerprint density at radius 2 is 1.83 bits per heavy atom. The fourth-order valence-corrected chi connectivity index (χ4v) is 1.96. The number of hydrogen-bond donors (Lipinski definition) is 0. The zero-order valence-electron chi connectivity index (χ0n) is 8.69. The number of Topliss-reactive ketones (excluding diaryl/α,β-unsaturated/α-hetero) is 1. The molecule has 0 spiro atoms. The molecule has 0 aromatic heterocycles. The molecule has 0 aromatic carbocycles. The Morgan fingerprint density at radius 3 is 2.00 bits per heavy atom. The minimum absolute atomic E-state index is 0.108. The minimum Gasteiger partial charge on any atom is -0.295 e. The Morgan fingerprint density at radius 1 is 1.33 bits per heavy atom. The monoisotopic (exact) mass is 166 g/mol. The van der Waals surface area contributed by atoms with Gasteiger partial charge in [-0.1, -0.05) is 33.3 Å². The van der Waals surface area contributed by atoms with E-state index in [9.17, 15) is 4.79 Å². The molecular weight excluding hydrogens is 148 g/mol. The van der Waals surface area contributed by atoms with Crippen molar-refractivity contribution in [1.29, 1.82) is 0 Å². The van der Waals surface area contributed by atoms with Crippen molar-refractivity contribution in [2.45, 2.75) is 41.0 Å². The largest absolute Gasteiger partial charge is 0.295 e. The van der Waals surface area contributed by atoms with Crippen molar-refractivity contribution in [2.75, 3.05) is 0 Å². The third-order valence-electron chi connectivity index (χ3n) is 2.90. The van der Waals surface area contributed by atoms with Crippen LogP contribution in [-0.2, 0) is 4.79 Å². The lowest BCUT2D eigenvalue weighted by Gasteiger charge is -2.18. The molecule has 0 bridgehead atoms. The zero-order chi connectivity index (χ0) is 9.52. The van der Waals surface area contributed by atoms with E-state index in [1.807, 2.05) is 0 Å². The highest BCUT2D eigenvalue weighted by molar-refractivity contribution is 6.00. The van der Waals surface area contributed by atoms with Crippen molar-refractivity contribution in [3.63, 3.8) is 0 Å². The summed E-state index contributed by atoms with van der Waals surface area (Å²) in [6, 6.07) is 0. The van der Waals surface area contributed by atoms with Gasteiger partial charge in [0.1, 0.15) is 0 Å². The van der Waals surface area contributed by atoms with Crippen molar-refractivity contribution >= 4 is 5.78 Å². The standard InChI is InChI=1S/C11H18O/c1-7(2)10-8(3)11(4,5)6-9(10)12/h7H,6H2,1-5H3. The van der Waals surface area contributed by atoms with Crippen LogP contribution < -0.4 is 0 Å². The second-order valence-electron chi connectivity index (χ2n) is 4.68. The molecular formula is C11H18O. The summed E-state index contributed by atoms with van der Waals surface area (Å²) in [5, 5.41) is 0. The summed E-state index contributed by atoms with van der Waals surface area (Å²) in [6.07, 6.45) is 0.701. The Hall–Kier alpha value is -0.590. The van der Waals surface area contributed by atoms with Gasteiger partial charge >= 0.3 is 0 Å². The third-order valence-corrected chi connectivity index (χ3v) is 2.90. The Labute approximate surface area is 74.9 Å². The first-order valence-electron chi connectivity index (χ1n) is 4.60. The number of carbonyl (C=O) groups excluding carboxylic acids is 1. The van der Waals surface area contributed by atoms with Gasteiger partial charge in [-0.2, -0.15) is 0 Å². The summed E-state index contributed by atoms with van der Waals surface area (Å²) in [7, 11) is 0. The van der Waals surface area contributed by atoms with Crippen molar-refractivity contribution < 1.29 is 4.79 Å². The minimum atomic E-state index is 0.108. The summed E-state index contributed by atoms with van der Waals surface area (Å²) >= 11 is 0. The van der Waals surface area contributed by atoms with E-state index >= 15 is 0 Å². The first-order chi connectivity index (χ1) is 5.36. The van der Waals surface area contributed by atoms with E-state index in [2.05, 4.69) is 34.6 Å². The number of ketones is 1. The van der Waals surface area contributed by atoms with Crippen LogP contribution in [0, 0.1) is 11.3 Å². The van der Waals surface area contributed by atoms with Gasteiger partial charge in [-0.25, -0.2) is 0 Å². The lowest BCUT2D eigenvalue weighted by Crippen LogP contribution is -2.08. The molecule has 1 aliphatic rings. The molecule has 0 amide bonds. The van der Waals surface area contributed by atoms with Gasteiger partial charge in [0.15, 0.2) is 5.78 Å². The normalized spacial score (nSPS) is 22.7. The Balaban J connectivity index is 3.11. The summed E-state index contributed by atoms with van der Waals surface area (Å²) in [6.45, 7) is 10.6. The maximum Gasteiger partial charge on any atom is 0.159 e. The number of rotatable bonds is 1. The highest BCUT2D eigenvalue weighted by Gasteiger charge is 2.36. The van der Waals surface area contributed by atoms with Crippen molar-refractivity contribution in [2.24, 2.45) is 11.3 Å². The third kappa shape index (κ3) is 1.33. The summed E-state index contributed by atoms with van der Waals surface area (Å²) in [4.78, 5) is 11.6. The second-order valence-corrected chi connectivity index (χ2v) is 4.68.